The van der Waals surface area contributed by atoms with Crippen LogP contribution in [0.1, 0.15) is 18.2 Å². The Morgan fingerprint density at radius 1 is 0.966 bits per heavy atom. The molecule has 3 rings (SSSR count). The van der Waals surface area contributed by atoms with E-state index >= 15 is 0 Å². The van der Waals surface area contributed by atoms with Crippen molar-refractivity contribution < 1.29 is 19.0 Å². The number of halogens is 1. The number of hydrogen-bond donors (Lipinski definition) is 0. The second kappa shape index (κ2) is 10.3. The molecule has 1 heterocycles. The average molecular weight is 410 g/mol. The summed E-state index contributed by atoms with van der Waals surface area (Å²) in [6.45, 7) is 2.03. The van der Waals surface area contributed by atoms with Crippen molar-refractivity contribution in [2.24, 2.45) is 0 Å². The highest BCUT2D eigenvalue weighted by atomic mass is 35.5. The van der Waals surface area contributed by atoms with E-state index in [1.54, 1.807) is 42.6 Å². The van der Waals surface area contributed by atoms with E-state index in [1.165, 1.54) is 0 Å². The predicted octanol–water partition coefficient (Wildman–Crippen LogP) is 5.29. The fraction of sp³-hybridized carbons (Fsp3) is 0.130. The van der Waals surface area contributed by atoms with Crippen molar-refractivity contribution in [3.05, 3.63) is 83.1 Å². The Morgan fingerprint density at radius 3 is 2.55 bits per heavy atom. The molecular weight excluding hydrogens is 390 g/mol. The molecule has 0 aliphatic rings. The Morgan fingerprint density at radius 2 is 1.79 bits per heavy atom. The molecule has 6 heteroatoms. The first kappa shape index (κ1) is 20.4. The van der Waals surface area contributed by atoms with Crippen LogP contribution >= 0.6 is 11.6 Å². The minimum absolute atomic E-state index is 0.267. The maximum Gasteiger partial charge on any atom is 0.349 e. The summed E-state index contributed by atoms with van der Waals surface area (Å²) in [7, 11) is 0. The molecule has 148 valence electrons. The third-order valence-corrected chi connectivity index (χ3v) is 4.12. The summed E-state index contributed by atoms with van der Waals surface area (Å²) in [6, 6.07) is 18.0. The van der Waals surface area contributed by atoms with Crippen molar-refractivity contribution in [2.75, 3.05) is 13.2 Å². The number of carbonyl (C=O) groups is 1. The number of benzene rings is 2. The first-order valence-corrected chi connectivity index (χ1v) is 9.47. The molecule has 0 spiro atoms. The largest absolute Gasteiger partial charge is 0.490 e. The first-order chi connectivity index (χ1) is 14.2. The molecule has 3 aromatic rings. The molecule has 0 aliphatic heterocycles. The van der Waals surface area contributed by atoms with Crippen molar-refractivity contribution in [1.29, 1.82) is 0 Å². The third kappa shape index (κ3) is 6.09. The van der Waals surface area contributed by atoms with Crippen molar-refractivity contribution in [3.63, 3.8) is 0 Å². The smallest absolute Gasteiger partial charge is 0.349 e. The van der Waals surface area contributed by atoms with Gasteiger partial charge in [0, 0.05) is 6.20 Å². The van der Waals surface area contributed by atoms with Crippen molar-refractivity contribution in [1.82, 2.24) is 4.98 Å². The van der Waals surface area contributed by atoms with E-state index in [2.05, 4.69) is 4.98 Å². The Bertz CT molecular complexity index is 989. The molecular formula is C23H20ClNO4. The number of rotatable bonds is 8. The van der Waals surface area contributed by atoms with E-state index in [-0.39, 0.29) is 6.61 Å². The van der Waals surface area contributed by atoms with Gasteiger partial charge in [0.05, 0.1) is 17.3 Å². The summed E-state index contributed by atoms with van der Waals surface area (Å²) >= 11 is 6.02. The Labute approximate surface area is 174 Å². The average Bonchev–Trinajstić information content (AvgIpc) is 2.74. The number of para-hydroxylation sites is 1. The molecule has 0 atom stereocenters. The minimum atomic E-state index is -0.553. The Hall–Kier alpha value is -3.31. The maximum atomic E-state index is 12.2. The number of esters is 1. The lowest BCUT2D eigenvalue weighted by Crippen LogP contribution is -2.18. The quantitative estimate of drug-likeness (QED) is 0.374. The standard InChI is InChI=1S/C23H20ClNO4/c1-2-27-22-15-17(10-12-18-7-5-6-14-25-18)11-13-21(22)29-23(26)16-28-20-9-4-3-8-19(20)24/h3-15H,2,16H2,1H3/b12-10+. The normalized spacial score (nSPS) is 10.7. The molecule has 0 saturated carbocycles. The molecule has 0 bridgehead atoms. The molecule has 0 aliphatic carbocycles. The molecule has 0 amide bonds. The van der Waals surface area contributed by atoms with Gasteiger partial charge in [-0.25, -0.2) is 4.79 Å². The lowest BCUT2D eigenvalue weighted by atomic mass is 10.1. The molecule has 29 heavy (non-hydrogen) atoms. The van der Waals surface area contributed by atoms with Gasteiger partial charge >= 0.3 is 5.97 Å². The molecule has 5 nitrogen and oxygen atoms in total. The zero-order valence-electron chi connectivity index (χ0n) is 15.9. The highest BCUT2D eigenvalue weighted by Gasteiger charge is 2.12. The summed E-state index contributed by atoms with van der Waals surface area (Å²) in [4.78, 5) is 16.4. The van der Waals surface area contributed by atoms with Crippen LogP contribution in [0, 0.1) is 0 Å². The van der Waals surface area contributed by atoms with Crippen LogP contribution in [0.5, 0.6) is 17.2 Å². The molecule has 0 N–H and O–H groups in total. The van der Waals surface area contributed by atoms with Crippen molar-refractivity contribution in [3.8, 4) is 17.2 Å². The van der Waals surface area contributed by atoms with Gasteiger partial charge in [-0.2, -0.15) is 0 Å². The van der Waals surface area contributed by atoms with Crippen LogP contribution in [0.15, 0.2) is 66.9 Å². The monoisotopic (exact) mass is 409 g/mol. The number of ether oxygens (including phenoxy) is 3. The van der Waals surface area contributed by atoms with Crippen LogP contribution in [-0.2, 0) is 4.79 Å². The van der Waals surface area contributed by atoms with Gasteiger partial charge in [0.15, 0.2) is 18.1 Å². The van der Waals surface area contributed by atoms with Crippen LogP contribution in [0.3, 0.4) is 0 Å². The highest BCUT2D eigenvalue weighted by Crippen LogP contribution is 2.30. The maximum absolute atomic E-state index is 12.2. The van der Waals surface area contributed by atoms with Gasteiger partial charge in [-0.1, -0.05) is 41.9 Å². The second-order valence-electron chi connectivity index (χ2n) is 5.92. The fourth-order valence-corrected chi connectivity index (χ4v) is 2.68. The molecule has 0 radical (unpaired) electrons. The van der Waals surface area contributed by atoms with E-state index in [4.69, 9.17) is 25.8 Å². The van der Waals surface area contributed by atoms with Crippen LogP contribution in [-0.4, -0.2) is 24.2 Å². The van der Waals surface area contributed by atoms with Crippen molar-refractivity contribution >= 4 is 29.7 Å². The number of hydrogen-bond acceptors (Lipinski definition) is 5. The summed E-state index contributed by atoms with van der Waals surface area (Å²) in [5.74, 6) is 0.671. The number of aromatic nitrogens is 1. The van der Waals surface area contributed by atoms with Gasteiger partial charge < -0.3 is 14.2 Å². The van der Waals surface area contributed by atoms with Gasteiger partial charge in [-0.3, -0.25) is 4.98 Å². The molecule has 0 saturated heterocycles. The lowest BCUT2D eigenvalue weighted by Gasteiger charge is -2.12. The van der Waals surface area contributed by atoms with Crippen LogP contribution < -0.4 is 14.2 Å². The van der Waals surface area contributed by atoms with E-state index in [1.807, 2.05) is 43.3 Å². The molecule has 2 aromatic carbocycles. The zero-order valence-corrected chi connectivity index (χ0v) is 16.6. The van der Waals surface area contributed by atoms with Gasteiger partial charge in [-0.15, -0.1) is 0 Å². The predicted molar refractivity (Wildman–Crippen MR) is 113 cm³/mol. The summed E-state index contributed by atoms with van der Waals surface area (Å²) < 4.78 is 16.4. The topological polar surface area (TPSA) is 57.7 Å². The zero-order chi connectivity index (χ0) is 20.5. The van der Waals surface area contributed by atoms with E-state index < -0.39 is 5.97 Å². The number of pyridine rings is 1. The lowest BCUT2D eigenvalue weighted by molar-refractivity contribution is -0.136. The highest BCUT2D eigenvalue weighted by molar-refractivity contribution is 6.32. The van der Waals surface area contributed by atoms with E-state index in [0.29, 0.717) is 28.9 Å². The summed E-state index contributed by atoms with van der Waals surface area (Å²) in [5.41, 5.74) is 1.74. The van der Waals surface area contributed by atoms with E-state index in [0.717, 1.165) is 11.3 Å². The fourth-order valence-electron chi connectivity index (χ4n) is 2.49. The number of carbonyl (C=O) groups excluding carboxylic acids is 1. The third-order valence-electron chi connectivity index (χ3n) is 3.81. The summed E-state index contributed by atoms with van der Waals surface area (Å²) in [5, 5.41) is 0.430. The second-order valence-corrected chi connectivity index (χ2v) is 6.33. The SMILES string of the molecule is CCOc1cc(/C=C/c2ccccn2)ccc1OC(=O)COc1ccccc1Cl. The van der Waals surface area contributed by atoms with Gasteiger partial charge in [0.25, 0.3) is 0 Å². The Kier molecular flexibility index (Phi) is 7.25. The van der Waals surface area contributed by atoms with Crippen LogP contribution in [0.2, 0.25) is 5.02 Å². The van der Waals surface area contributed by atoms with Crippen molar-refractivity contribution in [2.45, 2.75) is 6.92 Å². The van der Waals surface area contributed by atoms with Gasteiger partial charge in [0.2, 0.25) is 0 Å². The number of nitrogens with zero attached hydrogens (tertiary/aromatic N) is 1. The van der Waals surface area contributed by atoms with Crippen LogP contribution in [0.4, 0.5) is 0 Å². The molecule has 0 unspecified atom stereocenters. The first-order valence-electron chi connectivity index (χ1n) is 9.09. The van der Waals surface area contributed by atoms with Gasteiger partial charge in [0.1, 0.15) is 5.75 Å². The van der Waals surface area contributed by atoms with E-state index in [9.17, 15) is 4.79 Å². The van der Waals surface area contributed by atoms with Gasteiger partial charge in [-0.05, 0) is 55.0 Å². The Balaban J connectivity index is 1.67. The summed E-state index contributed by atoms with van der Waals surface area (Å²) in [6.07, 6.45) is 5.55. The molecule has 0 fully saturated rings. The minimum Gasteiger partial charge on any atom is -0.490 e. The van der Waals surface area contributed by atoms with Crippen LogP contribution in [0.25, 0.3) is 12.2 Å². The molecule has 1 aromatic heterocycles.